The number of nitrogens with one attached hydrogen (secondary N) is 1. The lowest BCUT2D eigenvalue weighted by Gasteiger charge is -2.29. The summed E-state index contributed by atoms with van der Waals surface area (Å²) in [5.41, 5.74) is -0.670. The number of nitrogens with zero attached hydrogens (tertiary/aromatic N) is 3. The van der Waals surface area contributed by atoms with E-state index in [2.05, 4.69) is 25.1 Å². The van der Waals surface area contributed by atoms with Crippen LogP contribution in [0.4, 0.5) is 13.2 Å². The molecular weight excluding hydrogens is 373 g/mol. The van der Waals surface area contributed by atoms with Gasteiger partial charge in [-0.2, -0.15) is 15.4 Å². The maximum absolute atomic E-state index is 12.4. The lowest BCUT2D eigenvalue weighted by molar-refractivity contribution is -0.274. The van der Waals surface area contributed by atoms with Crippen LogP contribution in [0.2, 0.25) is 5.02 Å². The van der Waals surface area contributed by atoms with Gasteiger partial charge in [0.1, 0.15) is 11.4 Å². The van der Waals surface area contributed by atoms with E-state index in [1.54, 1.807) is 13.8 Å². The molecule has 0 aliphatic rings. The van der Waals surface area contributed by atoms with Crippen LogP contribution in [0.5, 0.6) is 5.75 Å². The Hall–Kier alpha value is -2.39. The lowest BCUT2D eigenvalue weighted by atomic mass is 9.84. The molecule has 0 saturated heterocycles. The van der Waals surface area contributed by atoms with Gasteiger partial charge in [0.2, 0.25) is 0 Å². The summed E-state index contributed by atoms with van der Waals surface area (Å²) in [5, 5.41) is 21.3. The molecule has 1 unspecified atom stereocenters. The van der Waals surface area contributed by atoms with Gasteiger partial charge in [-0.3, -0.25) is 0 Å². The van der Waals surface area contributed by atoms with Gasteiger partial charge in [0, 0.05) is 5.39 Å². The first kappa shape index (κ1) is 18.4. The average Bonchev–Trinajstić information content (AvgIpc) is 3.10. The van der Waals surface area contributed by atoms with Crippen LogP contribution in [-0.2, 0) is 5.60 Å². The largest absolute Gasteiger partial charge is 0.573 e. The molecule has 2 heterocycles. The van der Waals surface area contributed by atoms with Crippen LogP contribution in [0.15, 0.2) is 30.5 Å². The minimum Gasteiger partial charge on any atom is -0.404 e. The Bertz CT molecular complexity index is 931. The second kappa shape index (κ2) is 6.40. The molecule has 26 heavy (non-hydrogen) atoms. The highest BCUT2D eigenvalue weighted by atomic mass is 35.5. The summed E-state index contributed by atoms with van der Waals surface area (Å²) in [7, 11) is 0. The van der Waals surface area contributed by atoms with E-state index in [1.807, 2.05) is 0 Å². The van der Waals surface area contributed by atoms with Gasteiger partial charge in [-0.05, 0) is 30.2 Å². The molecule has 0 amide bonds. The molecule has 2 N–H and O–H groups in total. The average molecular weight is 387 g/mol. The van der Waals surface area contributed by atoms with E-state index in [0.717, 1.165) is 6.07 Å². The van der Waals surface area contributed by atoms with Crippen LogP contribution in [0.1, 0.15) is 25.2 Å². The second-order valence-corrected chi connectivity index (χ2v) is 6.34. The van der Waals surface area contributed by atoms with Gasteiger partial charge in [0.05, 0.1) is 22.4 Å². The van der Waals surface area contributed by atoms with Crippen molar-refractivity contribution in [2.24, 2.45) is 5.92 Å². The smallest absolute Gasteiger partial charge is 0.404 e. The van der Waals surface area contributed by atoms with Gasteiger partial charge in [-0.1, -0.05) is 25.4 Å². The van der Waals surface area contributed by atoms with Gasteiger partial charge in [-0.25, -0.2) is 4.98 Å². The Morgan fingerprint density at radius 2 is 1.88 bits per heavy atom. The third-order valence-electron chi connectivity index (χ3n) is 4.03. The molecule has 0 spiro atoms. The Labute approximate surface area is 151 Å². The number of hydrogen-bond donors (Lipinski definition) is 2. The molecule has 1 atom stereocenters. The first-order chi connectivity index (χ1) is 12.1. The third kappa shape index (κ3) is 3.19. The molecule has 6 nitrogen and oxygen atoms in total. The molecule has 138 valence electrons. The number of alkyl halides is 3. The minimum absolute atomic E-state index is 0.214. The van der Waals surface area contributed by atoms with Crippen LogP contribution in [0.25, 0.3) is 10.9 Å². The summed E-state index contributed by atoms with van der Waals surface area (Å²) >= 11 is 6.02. The summed E-state index contributed by atoms with van der Waals surface area (Å²) < 4.78 is 41.2. The van der Waals surface area contributed by atoms with E-state index in [-0.39, 0.29) is 27.7 Å². The number of halogens is 4. The molecule has 2 aromatic heterocycles. The Morgan fingerprint density at radius 3 is 2.46 bits per heavy atom. The lowest BCUT2D eigenvalue weighted by Crippen LogP contribution is -2.35. The van der Waals surface area contributed by atoms with E-state index in [9.17, 15) is 18.3 Å². The molecule has 0 fully saturated rings. The van der Waals surface area contributed by atoms with E-state index in [4.69, 9.17) is 11.6 Å². The van der Waals surface area contributed by atoms with E-state index in [1.165, 1.54) is 24.4 Å². The zero-order valence-electron chi connectivity index (χ0n) is 13.7. The van der Waals surface area contributed by atoms with E-state index in [0.29, 0.717) is 5.52 Å². The molecule has 0 bridgehead atoms. The Morgan fingerprint density at radius 1 is 1.15 bits per heavy atom. The predicted octanol–water partition coefficient (Wildman–Crippen LogP) is 3.80. The standard InChI is InChI=1S/C16H14ClF3N4O2/c1-8(2)15(25,13-7-21-24-23-13)12-6-3-9-10(22-12)4-5-11(14(9)17)26-16(18,19)20/h3-8,25H,1-2H3,(H,21,23,24). The summed E-state index contributed by atoms with van der Waals surface area (Å²) in [5.74, 6) is -0.822. The van der Waals surface area contributed by atoms with Crippen molar-refractivity contribution in [3.05, 3.63) is 46.9 Å². The minimum atomic E-state index is -4.85. The molecule has 1 aromatic carbocycles. The molecule has 0 radical (unpaired) electrons. The maximum atomic E-state index is 12.4. The SMILES string of the molecule is CC(C)C(O)(c1cn[nH]n1)c1ccc2c(Cl)c(OC(F)(F)F)ccc2n1. The molecule has 0 aliphatic carbocycles. The van der Waals surface area contributed by atoms with Crippen molar-refractivity contribution in [2.45, 2.75) is 25.8 Å². The van der Waals surface area contributed by atoms with Crippen molar-refractivity contribution in [1.29, 1.82) is 0 Å². The van der Waals surface area contributed by atoms with Gasteiger partial charge < -0.3 is 9.84 Å². The third-order valence-corrected chi connectivity index (χ3v) is 4.42. The number of hydrogen-bond acceptors (Lipinski definition) is 5. The Balaban J connectivity index is 2.11. The number of fused-ring (bicyclic) bond motifs is 1. The quantitative estimate of drug-likeness (QED) is 0.712. The van der Waals surface area contributed by atoms with Crippen LogP contribution in [-0.4, -0.2) is 31.9 Å². The number of benzene rings is 1. The predicted molar refractivity (Wildman–Crippen MR) is 87.7 cm³/mol. The van der Waals surface area contributed by atoms with E-state index < -0.39 is 17.7 Å². The normalized spacial score (nSPS) is 14.6. The first-order valence-electron chi connectivity index (χ1n) is 7.57. The highest BCUT2D eigenvalue weighted by Gasteiger charge is 2.39. The molecule has 3 aromatic rings. The van der Waals surface area contributed by atoms with Crippen molar-refractivity contribution < 1.29 is 23.0 Å². The number of H-pyrrole nitrogens is 1. The molecule has 10 heteroatoms. The van der Waals surface area contributed by atoms with E-state index >= 15 is 0 Å². The molecule has 3 rings (SSSR count). The Kier molecular flexibility index (Phi) is 4.53. The van der Waals surface area contributed by atoms with Crippen molar-refractivity contribution in [1.82, 2.24) is 20.4 Å². The second-order valence-electron chi connectivity index (χ2n) is 5.96. The number of rotatable bonds is 4. The van der Waals surface area contributed by atoms with Gasteiger partial charge in [0.15, 0.2) is 5.60 Å². The fourth-order valence-electron chi connectivity index (χ4n) is 2.67. The van der Waals surface area contributed by atoms with Crippen molar-refractivity contribution in [3.63, 3.8) is 0 Å². The number of aromatic amines is 1. The zero-order valence-corrected chi connectivity index (χ0v) is 14.4. The van der Waals surface area contributed by atoms with Crippen molar-refractivity contribution in [3.8, 4) is 5.75 Å². The summed E-state index contributed by atoms with van der Waals surface area (Å²) in [4.78, 5) is 4.37. The van der Waals surface area contributed by atoms with Crippen molar-refractivity contribution in [2.75, 3.05) is 0 Å². The van der Waals surface area contributed by atoms with Crippen molar-refractivity contribution >= 4 is 22.5 Å². The first-order valence-corrected chi connectivity index (χ1v) is 7.95. The number of aromatic nitrogens is 4. The highest BCUT2D eigenvalue weighted by Crippen LogP contribution is 2.38. The fraction of sp³-hybridized carbons (Fsp3) is 0.312. The van der Waals surface area contributed by atoms with Gasteiger partial charge >= 0.3 is 6.36 Å². The highest BCUT2D eigenvalue weighted by molar-refractivity contribution is 6.36. The zero-order chi connectivity index (χ0) is 19.1. The fourth-order valence-corrected chi connectivity index (χ4v) is 2.93. The maximum Gasteiger partial charge on any atom is 0.573 e. The number of aliphatic hydroxyl groups is 1. The summed E-state index contributed by atoms with van der Waals surface area (Å²) in [6.45, 7) is 3.57. The van der Waals surface area contributed by atoms with Gasteiger partial charge in [0.25, 0.3) is 0 Å². The number of pyridine rings is 1. The topological polar surface area (TPSA) is 83.9 Å². The molecule has 0 aliphatic heterocycles. The van der Waals surface area contributed by atoms with Crippen LogP contribution in [0.3, 0.4) is 0 Å². The molecule has 0 saturated carbocycles. The summed E-state index contributed by atoms with van der Waals surface area (Å²) in [6.07, 6.45) is -3.46. The number of ether oxygens (including phenoxy) is 1. The molecular formula is C16H14ClF3N4O2. The monoisotopic (exact) mass is 386 g/mol. The van der Waals surface area contributed by atoms with Crippen LogP contribution in [0, 0.1) is 5.92 Å². The van der Waals surface area contributed by atoms with Crippen LogP contribution < -0.4 is 4.74 Å². The summed E-state index contributed by atoms with van der Waals surface area (Å²) in [6, 6.07) is 5.39. The van der Waals surface area contributed by atoms with Gasteiger partial charge in [-0.15, -0.1) is 13.2 Å². The van der Waals surface area contributed by atoms with Crippen LogP contribution >= 0.6 is 11.6 Å².